The number of benzene rings is 2. The zero-order valence-corrected chi connectivity index (χ0v) is 11.3. The van der Waals surface area contributed by atoms with E-state index in [1.807, 2.05) is 0 Å². The Bertz CT molecular complexity index is 744. The van der Waals surface area contributed by atoms with Crippen molar-refractivity contribution in [2.24, 2.45) is 0 Å². The topological polar surface area (TPSA) is 71.4 Å². The lowest BCUT2D eigenvalue weighted by Gasteiger charge is -2.06. The fraction of sp³-hybridized carbons (Fsp3) is 0. The minimum absolute atomic E-state index is 0.0753. The third-order valence-electron chi connectivity index (χ3n) is 2.82. The molecule has 2 rings (SSSR count). The van der Waals surface area contributed by atoms with Crippen LogP contribution >= 0.6 is 0 Å². The van der Waals surface area contributed by atoms with Gasteiger partial charge < -0.3 is 5.11 Å². The van der Waals surface area contributed by atoms with Crippen LogP contribution in [0.25, 0.3) is 5.57 Å². The molecule has 0 aliphatic rings. The van der Waals surface area contributed by atoms with Crippen LogP contribution in [0.2, 0.25) is 0 Å². The van der Waals surface area contributed by atoms with Gasteiger partial charge in [-0.2, -0.15) is 0 Å². The molecule has 0 spiro atoms. The number of hydrogen-bond donors (Lipinski definition) is 1. The molecule has 2 aromatic carbocycles. The Morgan fingerprint density at radius 2 is 1.40 bits per heavy atom. The molecule has 0 saturated heterocycles. The Morgan fingerprint density at radius 1 is 0.900 bits per heavy atom. The van der Waals surface area contributed by atoms with Crippen LogP contribution in [0, 0.1) is 0 Å². The average Bonchev–Trinajstić information content (AvgIpc) is 2.47. The third-order valence-corrected chi connectivity index (χ3v) is 4.61. The van der Waals surface area contributed by atoms with E-state index in [1.165, 1.54) is 36.4 Å². The van der Waals surface area contributed by atoms with E-state index in [1.54, 1.807) is 18.2 Å². The van der Waals surface area contributed by atoms with Gasteiger partial charge in [-0.3, -0.25) is 0 Å². The number of carboxylic acids is 1. The molecular formula is C15H12O4S. The molecule has 0 saturated carbocycles. The fourth-order valence-corrected chi connectivity index (χ4v) is 2.98. The second kappa shape index (κ2) is 5.30. The normalized spacial score (nSPS) is 11.0. The molecule has 0 aliphatic carbocycles. The molecule has 102 valence electrons. The summed E-state index contributed by atoms with van der Waals surface area (Å²) in [5.74, 6) is -1.14. The summed E-state index contributed by atoms with van der Waals surface area (Å²) < 4.78 is 24.6. The van der Waals surface area contributed by atoms with Gasteiger partial charge in [-0.25, -0.2) is 13.2 Å². The minimum atomic E-state index is -3.58. The number of carbonyl (C=O) groups is 1. The molecule has 20 heavy (non-hydrogen) atoms. The largest absolute Gasteiger partial charge is 0.478 e. The first kappa shape index (κ1) is 14.0. The van der Waals surface area contributed by atoms with Crippen LogP contribution in [0.1, 0.15) is 5.56 Å². The maximum atomic E-state index is 12.3. The molecule has 0 aliphatic heterocycles. The molecule has 0 amide bonds. The average molecular weight is 288 g/mol. The molecule has 2 aromatic rings. The molecule has 0 bridgehead atoms. The molecule has 0 unspecified atom stereocenters. The maximum Gasteiger partial charge on any atom is 0.335 e. The summed E-state index contributed by atoms with van der Waals surface area (Å²) in [5, 5.41) is 8.82. The van der Waals surface area contributed by atoms with Crippen molar-refractivity contribution >= 4 is 21.4 Å². The van der Waals surface area contributed by atoms with Gasteiger partial charge in [-0.1, -0.05) is 36.9 Å². The predicted molar refractivity (Wildman–Crippen MR) is 75.0 cm³/mol. The highest BCUT2D eigenvalue weighted by Gasteiger charge is 2.17. The fourth-order valence-electron chi connectivity index (χ4n) is 1.69. The van der Waals surface area contributed by atoms with E-state index in [2.05, 4.69) is 6.58 Å². The monoisotopic (exact) mass is 288 g/mol. The van der Waals surface area contributed by atoms with Gasteiger partial charge in [0.05, 0.1) is 15.4 Å². The van der Waals surface area contributed by atoms with Crippen LogP contribution < -0.4 is 0 Å². The lowest BCUT2D eigenvalue weighted by molar-refractivity contribution is -0.130. The second-order valence-electron chi connectivity index (χ2n) is 4.12. The van der Waals surface area contributed by atoms with Crippen molar-refractivity contribution in [2.75, 3.05) is 0 Å². The van der Waals surface area contributed by atoms with Crippen LogP contribution in [0.5, 0.6) is 0 Å². The summed E-state index contributed by atoms with van der Waals surface area (Å²) in [6.45, 7) is 3.43. The Labute approximate surface area is 116 Å². The lowest BCUT2D eigenvalue weighted by atomic mass is 10.1. The summed E-state index contributed by atoms with van der Waals surface area (Å²) in [6, 6.07) is 13.7. The van der Waals surface area contributed by atoms with Crippen LogP contribution in [0.15, 0.2) is 71.0 Å². The van der Waals surface area contributed by atoms with Gasteiger partial charge in [-0.15, -0.1) is 0 Å². The first-order valence-electron chi connectivity index (χ1n) is 5.75. The van der Waals surface area contributed by atoms with E-state index in [0.29, 0.717) is 5.56 Å². The highest BCUT2D eigenvalue weighted by molar-refractivity contribution is 7.91. The molecule has 0 heterocycles. The van der Waals surface area contributed by atoms with E-state index >= 15 is 0 Å². The quantitative estimate of drug-likeness (QED) is 0.878. The Balaban J connectivity index is 2.40. The number of aliphatic carboxylic acids is 1. The van der Waals surface area contributed by atoms with Crippen molar-refractivity contribution in [3.05, 3.63) is 66.7 Å². The zero-order valence-electron chi connectivity index (χ0n) is 10.5. The number of sulfone groups is 1. The number of carboxylic acid groups (broad SMARTS) is 1. The summed E-state index contributed by atoms with van der Waals surface area (Å²) in [6.07, 6.45) is 0. The van der Waals surface area contributed by atoms with Gasteiger partial charge in [-0.05, 0) is 29.8 Å². The van der Waals surface area contributed by atoms with E-state index in [0.717, 1.165) is 0 Å². The van der Waals surface area contributed by atoms with Crippen LogP contribution in [0.3, 0.4) is 0 Å². The Hall–Kier alpha value is -2.40. The first-order valence-corrected chi connectivity index (χ1v) is 7.24. The molecule has 1 N–H and O–H groups in total. The SMILES string of the molecule is C=C(C(=O)O)c1ccc(S(=O)(=O)c2ccccc2)cc1. The maximum absolute atomic E-state index is 12.3. The van der Waals surface area contributed by atoms with Crippen LogP contribution in [-0.2, 0) is 14.6 Å². The van der Waals surface area contributed by atoms with Gasteiger partial charge in [0.15, 0.2) is 0 Å². The van der Waals surface area contributed by atoms with E-state index < -0.39 is 15.8 Å². The van der Waals surface area contributed by atoms with Crippen molar-refractivity contribution in [1.29, 1.82) is 0 Å². The van der Waals surface area contributed by atoms with Crippen molar-refractivity contribution in [1.82, 2.24) is 0 Å². The summed E-state index contributed by atoms with van der Waals surface area (Å²) in [5.41, 5.74) is 0.304. The van der Waals surface area contributed by atoms with E-state index in [9.17, 15) is 13.2 Å². The van der Waals surface area contributed by atoms with Gasteiger partial charge >= 0.3 is 5.97 Å². The van der Waals surface area contributed by atoms with Crippen molar-refractivity contribution in [3.8, 4) is 0 Å². The number of hydrogen-bond acceptors (Lipinski definition) is 3. The number of rotatable bonds is 4. The third kappa shape index (κ3) is 2.62. The predicted octanol–water partition coefficient (Wildman–Crippen LogP) is 2.62. The van der Waals surface area contributed by atoms with Gasteiger partial charge in [0.1, 0.15) is 0 Å². The van der Waals surface area contributed by atoms with Gasteiger partial charge in [0.25, 0.3) is 0 Å². The summed E-state index contributed by atoms with van der Waals surface area (Å²) >= 11 is 0. The Morgan fingerprint density at radius 3 is 1.90 bits per heavy atom. The smallest absolute Gasteiger partial charge is 0.335 e. The van der Waals surface area contributed by atoms with Crippen molar-refractivity contribution < 1.29 is 18.3 Å². The molecular weight excluding hydrogens is 276 g/mol. The zero-order chi connectivity index (χ0) is 14.8. The highest BCUT2D eigenvalue weighted by Crippen LogP contribution is 2.22. The highest BCUT2D eigenvalue weighted by atomic mass is 32.2. The lowest BCUT2D eigenvalue weighted by Crippen LogP contribution is -2.03. The van der Waals surface area contributed by atoms with E-state index in [-0.39, 0.29) is 15.4 Å². The molecule has 0 radical (unpaired) electrons. The Kier molecular flexibility index (Phi) is 3.72. The second-order valence-corrected chi connectivity index (χ2v) is 6.07. The molecule has 0 fully saturated rings. The van der Waals surface area contributed by atoms with Crippen molar-refractivity contribution in [2.45, 2.75) is 9.79 Å². The van der Waals surface area contributed by atoms with Gasteiger partial charge in [0.2, 0.25) is 9.84 Å². The molecule has 0 aromatic heterocycles. The minimum Gasteiger partial charge on any atom is -0.478 e. The summed E-state index contributed by atoms with van der Waals surface area (Å²) in [7, 11) is -3.58. The van der Waals surface area contributed by atoms with Crippen LogP contribution in [-0.4, -0.2) is 19.5 Å². The molecule has 0 atom stereocenters. The molecule has 5 heteroatoms. The standard InChI is InChI=1S/C15H12O4S/c1-11(15(16)17)12-7-9-14(10-8-12)20(18,19)13-5-3-2-4-6-13/h2-10H,1H2,(H,16,17). The molecule has 4 nitrogen and oxygen atoms in total. The van der Waals surface area contributed by atoms with E-state index in [4.69, 9.17) is 5.11 Å². The summed E-state index contributed by atoms with van der Waals surface area (Å²) in [4.78, 5) is 11.1. The van der Waals surface area contributed by atoms with Crippen LogP contribution in [0.4, 0.5) is 0 Å². The first-order chi connectivity index (χ1) is 9.43. The van der Waals surface area contributed by atoms with Crippen molar-refractivity contribution in [3.63, 3.8) is 0 Å². The van der Waals surface area contributed by atoms with Gasteiger partial charge in [0, 0.05) is 0 Å².